The van der Waals surface area contributed by atoms with Crippen LogP contribution in [0, 0.1) is 12.7 Å². The lowest BCUT2D eigenvalue weighted by Crippen LogP contribution is -2.28. The smallest absolute Gasteiger partial charge is 0.319 e. The van der Waals surface area contributed by atoms with E-state index in [1.807, 2.05) is 6.92 Å². The van der Waals surface area contributed by atoms with E-state index in [2.05, 4.69) is 10.6 Å². The number of hydrogen-bond donors (Lipinski definition) is 2. The summed E-state index contributed by atoms with van der Waals surface area (Å²) in [6.45, 7) is 2.10. The molecule has 2 aromatic carbocycles. The largest absolute Gasteiger partial charge is 0.497 e. The fourth-order valence-corrected chi connectivity index (χ4v) is 2.06. The Labute approximate surface area is 134 Å². The number of carbonyl (C=O) groups excluding carboxylic acids is 1. The molecule has 0 aliphatic heterocycles. The molecule has 0 radical (unpaired) electrons. The van der Waals surface area contributed by atoms with E-state index in [0.29, 0.717) is 17.2 Å². The van der Waals surface area contributed by atoms with Crippen molar-refractivity contribution in [2.45, 2.75) is 13.5 Å². The zero-order valence-corrected chi connectivity index (χ0v) is 13.3. The minimum absolute atomic E-state index is 0.233. The van der Waals surface area contributed by atoms with E-state index in [1.54, 1.807) is 24.3 Å². The molecule has 0 aromatic heterocycles. The second kappa shape index (κ2) is 7.49. The molecule has 2 rings (SSSR count). The van der Waals surface area contributed by atoms with Gasteiger partial charge in [0.1, 0.15) is 17.3 Å². The van der Waals surface area contributed by atoms with Crippen LogP contribution in [0.4, 0.5) is 14.9 Å². The maximum Gasteiger partial charge on any atom is 0.319 e. The highest BCUT2D eigenvalue weighted by molar-refractivity contribution is 5.89. The van der Waals surface area contributed by atoms with Crippen LogP contribution < -0.4 is 20.1 Å². The summed E-state index contributed by atoms with van der Waals surface area (Å²) in [5.41, 5.74) is 2.17. The molecule has 0 atom stereocenters. The number of halogens is 1. The quantitative estimate of drug-likeness (QED) is 0.887. The second-order valence-corrected chi connectivity index (χ2v) is 4.98. The predicted molar refractivity (Wildman–Crippen MR) is 86.5 cm³/mol. The molecule has 122 valence electrons. The van der Waals surface area contributed by atoms with Gasteiger partial charge >= 0.3 is 6.03 Å². The number of carbonyl (C=O) groups is 1. The maximum atomic E-state index is 13.2. The Morgan fingerprint density at radius 3 is 2.35 bits per heavy atom. The van der Waals surface area contributed by atoms with Gasteiger partial charge in [-0.2, -0.15) is 0 Å². The molecule has 2 amide bonds. The summed E-state index contributed by atoms with van der Waals surface area (Å²) in [6, 6.07) is 9.14. The van der Waals surface area contributed by atoms with Crippen molar-refractivity contribution in [3.05, 3.63) is 53.3 Å². The van der Waals surface area contributed by atoms with E-state index in [1.165, 1.54) is 26.4 Å². The predicted octanol–water partition coefficient (Wildman–Crippen LogP) is 3.47. The van der Waals surface area contributed by atoms with Crippen LogP contribution in [0.2, 0.25) is 0 Å². The Morgan fingerprint density at radius 1 is 1.09 bits per heavy atom. The topological polar surface area (TPSA) is 59.6 Å². The monoisotopic (exact) mass is 318 g/mol. The highest BCUT2D eigenvalue weighted by Gasteiger charge is 2.07. The summed E-state index contributed by atoms with van der Waals surface area (Å²) in [7, 11) is 3.07. The molecule has 0 aliphatic rings. The van der Waals surface area contributed by atoms with Crippen molar-refractivity contribution < 1.29 is 18.7 Å². The zero-order valence-electron chi connectivity index (χ0n) is 13.3. The van der Waals surface area contributed by atoms with E-state index in [9.17, 15) is 9.18 Å². The molecule has 0 saturated heterocycles. The molecule has 0 bridgehead atoms. The van der Waals surface area contributed by atoms with Gasteiger partial charge in [0.05, 0.1) is 14.2 Å². The van der Waals surface area contributed by atoms with E-state index in [0.717, 1.165) is 11.1 Å². The minimum Gasteiger partial charge on any atom is -0.497 e. The minimum atomic E-state index is -0.399. The Hall–Kier alpha value is -2.76. The maximum absolute atomic E-state index is 13.2. The number of nitrogens with one attached hydrogen (secondary N) is 2. The summed E-state index contributed by atoms with van der Waals surface area (Å²) < 4.78 is 23.5. The number of rotatable bonds is 5. The fourth-order valence-electron chi connectivity index (χ4n) is 2.06. The van der Waals surface area contributed by atoms with E-state index < -0.39 is 6.03 Å². The zero-order chi connectivity index (χ0) is 16.8. The second-order valence-electron chi connectivity index (χ2n) is 4.98. The molecular weight excluding hydrogens is 299 g/mol. The third-order valence-electron chi connectivity index (χ3n) is 3.36. The van der Waals surface area contributed by atoms with Crippen LogP contribution in [-0.2, 0) is 6.54 Å². The van der Waals surface area contributed by atoms with Crippen LogP contribution in [0.5, 0.6) is 11.5 Å². The molecule has 5 nitrogen and oxygen atoms in total. The summed E-state index contributed by atoms with van der Waals surface area (Å²) >= 11 is 0. The number of amides is 2. The lowest BCUT2D eigenvalue weighted by Gasteiger charge is -2.12. The average molecular weight is 318 g/mol. The number of urea groups is 1. The molecule has 0 spiro atoms. The number of ether oxygens (including phenoxy) is 2. The van der Waals surface area contributed by atoms with Crippen LogP contribution >= 0.6 is 0 Å². The molecule has 2 aromatic rings. The third kappa shape index (κ3) is 4.60. The van der Waals surface area contributed by atoms with E-state index in [-0.39, 0.29) is 12.4 Å². The van der Waals surface area contributed by atoms with Gasteiger partial charge in [-0.05, 0) is 30.2 Å². The SMILES string of the molecule is COc1cc(NC(=O)NCc2cc(F)ccc2C)cc(OC)c1. The summed E-state index contributed by atoms with van der Waals surface area (Å²) in [5.74, 6) is 0.812. The number of anilines is 1. The van der Waals surface area contributed by atoms with Crippen LogP contribution in [0.3, 0.4) is 0 Å². The molecule has 6 heteroatoms. The van der Waals surface area contributed by atoms with Gasteiger partial charge in [0, 0.05) is 30.4 Å². The average Bonchev–Trinajstić information content (AvgIpc) is 2.55. The van der Waals surface area contributed by atoms with Crippen molar-refractivity contribution in [3.63, 3.8) is 0 Å². The lowest BCUT2D eigenvalue weighted by molar-refractivity contribution is 0.251. The summed E-state index contributed by atoms with van der Waals surface area (Å²) in [5, 5.41) is 5.38. The first kappa shape index (κ1) is 16.6. The fraction of sp³-hybridized carbons (Fsp3) is 0.235. The Bertz CT molecular complexity index is 682. The number of hydrogen-bond acceptors (Lipinski definition) is 3. The number of benzene rings is 2. The molecule has 23 heavy (non-hydrogen) atoms. The number of aryl methyl sites for hydroxylation is 1. The van der Waals surface area contributed by atoms with E-state index >= 15 is 0 Å². The van der Waals surface area contributed by atoms with Gasteiger partial charge < -0.3 is 20.1 Å². The van der Waals surface area contributed by atoms with Gasteiger partial charge in [0.2, 0.25) is 0 Å². The lowest BCUT2D eigenvalue weighted by atomic mass is 10.1. The van der Waals surface area contributed by atoms with Gasteiger partial charge in [-0.25, -0.2) is 9.18 Å². The molecule has 0 saturated carbocycles. The first-order valence-electron chi connectivity index (χ1n) is 7.05. The van der Waals surface area contributed by atoms with Gasteiger partial charge in [-0.3, -0.25) is 0 Å². The molecule has 0 heterocycles. The van der Waals surface area contributed by atoms with Gasteiger partial charge in [0.25, 0.3) is 0 Å². The third-order valence-corrected chi connectivity index (χ3v) is 3.36. The van der Waals surface area contributed by atoms with Crippen LogP contribution in [0.15, 0.2) is 36.4 Å². The molecule has 2 N–H and O–H groups in total. The van der Waals surface area contributed by atoms with Crippen LogP contribution in [0.1, 0.15) is 11.1 Å². The van der Waals surface area contributed by atoms with Gasteiger partial charge in [-0.1, -0.05) is 6.07 Å². The molecular formula is C17H19FN2O3. The van der Waals surface area contributed by atoms with Crippen molar-refractivity contribution in [3.8, 4) is 11.5 Å². The van der Waals surface area contributed by atoms with Crippen molar-refractivity contribution >= 4 is 11.7 Å². The van der Waals surface area contributed by atoms with Crippen LogP contribution in [0.25, 0.3) is 0 Å². The van der Waals surface area contributed by atoms with Crippen molar-refractivity contribution in [2.75, 3.05) is 19.5 Å². The Balaban J connectivity index is 2.01. The van der Waals surface area contributed by atoms with Gasteiger partial charge in [0.15, 0.2) is 0 Å². The van der Waals surface area contributed by atoms with Crippen molar-refractivity contribution in [2.24, 2.45) is 0 Å². The Kier molecular flexibility index (Phi) is 5.41. The molecule has 0 unspecified atom stereocenters. The first-order chi connectivity index (χ1) is 11.0. The Morgan fingerprint density at radius 2 is 1.74 bits per heavy atom. The van der Waals surface area contributed by atoms with Gasteiger partial charge in [-0.15, -0.1) is 0 Å². The summed E-state index contributed by atoms with van der Waals surface area (Å²) in [4.78, 5) is 12.0. The highest BCUT2D eigenvalue weighted by atomic mass is 19.1. The molecule has 0 aliphatic carbocycles. The van der Waals surface area contributed by atoms with E-state index in [4.69, 9.17) is 9.47 Å². The first-order valence-corrected chi connectivity index (χ1v) is 7.05. The summed E-state index contributed by atoms with van der Waals surface area (Å²) in [6.07, 6.45) is 0. The van der Waals surface area contributed by atoms with Crippen molar-refractivity contribution in [1.82, 2.24) is 5.32 Å². The standard InChI is InChI=1S/C17H19FN2O3/c1-11-4-5-13(18)6-12(11)10-19-17(21)20-14-7-15(22-2)9-16(8-14)23-3/h4-9H,10H2,1-3H3,(H2,19,20,21). The molecule has 0 fully saturated rings. The van der Waals surface area contributed by atoms with Crippen LogP contribution in [-0.4, -0.2) is 20.3 Å². The number of methoxy groups -OCH3 is 2. The van der Waals surface area contributed by atoms with Crippen molar-refractivity contribution in [1.29, 1.82) is 0 Å². The normalized spacial score (nSPS) is 10.1. The highest BCUT2D eigenvalue weighted by Crippen LogP contribution is 2.25.